The van der Waals surface area contributed by atoms with Gasteiger partial charge in [0.1, 0.15) is 0 Å². The molecule has 0 atom stereocenters. The van der Waals surface area contributed by atoms with Gasteiger partial charge < -0.3 is 0 Å². The molecular formula is C36H24N6. The van der Waals surface area contributed by atoms with E-state index < -0.39 is 0 Å². The lowest BCUT2D eigenvalue weighted by Gasteiger charge is -2.17. The molecular weight excluding hydrogens is 516 g/mol. The summed E-state index contributed by atoms with van der Waals surface area (Å²) < 4.78 is 0. The lowest BCUT2D eigenvalue weighted by molar-refractivity contribution is 1.20. The third-order valence-corrected chi connectivity index (χ3v) is 7.15. The van der Waals surface area contributed by atoms with Crippen molar-refractivity contribution >= 4 is 0 Å². The standard InChI is InChI=1S/C36H24N6/c1-3-15-39-33(5-1)27-11-7-25(8-12-27)29-21-30(26-9-13-28(14-10-26)34-6-2-4-16-40-34)32(36-24-38-18-20-42-36)22-31(29)35-23-37-17-19-41-35/h1-24H. The maximum Gasteiger partial charge on any atom is 0.0891 e. The molecule has 0 fully saturated rings. The average molecular weight is 541 g/mol. The molecule has 4 aromatic heterocycles. The highest BCUT2D eigenvalue weighted by Crippen LogP contribution is 2.41. The predicted octanol–water partition coefficient (Wildman–Crippen LogP) is 8.06. The summed E-state index contributed by atoms with van der Waals surface area (Å²) in [6, 6.07) is 33.2. The largest absolute Gasteiger partial charge is 0.261 e. The van der Waals surface area contributed by atoms with Gasteiger partial charge in [-0.15, -0.1) is 0 Å². The van der Waals surface area contributed by atoms with Gasteiger partial charge in [-0.2, -0.15) is 0 Å². The van der Waals surface area contributed by atoms with Crippen LogP contribution in [-0.4, -0.2) is 29.9 Å². The third kappa shape index (κ3) is 5.05. The molecule has 42 heavy (non-hydrogen) atoms. The molecule has 6 heteroatoms. The Kier molecular flexibility index (Phi) is 6.76. The summed E-state index contributed by atoms with van der Waals surface area (Å²) in [7, 11) is 0. The van der Waals surface area contributed by atoms with Crippen molar-refractivity contribution in [1.29, 1.82) is 0 Å². The second kappa shape index (κ2) is 11.3. The van der Waals surface area contributed by atoms with Crippen molar-refractivity contribution in [3.05, 3.63) is 147 Å². The average Bonchev–Trinajstić information content (AvgIpc) is 3.09. The fourth-order valence-corrected chi connectivity index (χ4v) is 5.09. The van der Waals surface area contributed by atoms with E-state index >= 15 is 0 Å². The molecule has 0 N–H and O–H groups in total. The van der Waals surface area contributed by atoms with Crippen molar-refractivity contribution in [2.24, 2.45) is 0 Å². The van der Waals surface area contributed by atoms with Crippen LogP contribution in [0.4, 0.5) is 0 Å². The van der Waals surface area contributed by atoms with Crippen LogP contribution >= 0.6 is 0 Å². The second-order valence-electron chi connectivity index (χ2n) is 9.71. The fraction of sp³-hybridized carbons (Fsp3) is 0. The van der Waals surface area contributed by atoms with Crippen molar-refractivity contribution in [1.82, 2.24) is 29.9 Å². The maximum absolute atomic E-state index is 4.67. The summed E-state index contributed by atoms with van der Waals surface area (Å²) in [5, 5.41) is 0. The van der Waals surface area contributed by atoms with Gasteiger partial charge in [0, 0.05) is 59.4 Å². The molecule has 6 nitrogen and oxygen atoms in total. The number of pyridine rings is 2. The molecule has 0 bridgehead atoms. The number of hydrogen-bond acceptors (Lipinski definition) is 6. The highest BCUT2D eigenvalue weighted by Gasteiger charge is 2.18. The van der Waals surface area contributed by atoms with Crippen LogP contribution in [0, 0.1) is 0 Å². The lowest BCUT2D eigenvalue weighted by Crippen LogP contribution is -1.96. The number of benzene rings is 3. The van der Waals surface area contributed by atoms with E-state index in [1.54, 1.807) is 37.2 Å². The highest BCUT2D eigenvalue weighted by atomic mass is 14.8. The number of nitrogens with zero attached hydrogens (tertiary/aromatic N) is 6. The van der Waals surface area contributed by atoms with E-state index in [9.17, 15) is 0 Å². The molecule has 0 spiro atoms. The molecule has 7 rings (SSSR count). The molecule has 0 saturated heterocycles. The summed E-state index contributed by atoms with van der Waals surface area (Å²) >= 11 is 0. The Morgan fingerprint density at radius 2 is 0.714 bits per heavy atom. The molecule has 0 radical (unpaired) electrons. The Hall–Kier alpha value is -5.88. The van der Waals surface area contributed by atoms with E-state index in [-0.39, 0.29) is 0 Å². The quantitative estimate of drug-likeness (QED) is 0.212. The number of aromatic nitrogens is 6. The number of rotatable bonds is 6. The molecule has 4 heterocycles. The van der Waals surface area contributed by atoms with Crippen LogP contribution < -0.4 is 0 Å². The summed E-state index contributed by atoms with van der Waals surface area (Å²) in [5.41, 5.74) is 11.7. The zero-order chi connectivity index (χ0) is 28.1. The Labute approximate surface area is 243 Å². The minimum Gasteiger partial charge on any atom is -0.261 e. The first kappa shape index (κ1) is 25.1. The number of hydrogen-bond donors (Lipinski definition) is 0. The predicted molar refractivity (Wildman–Crippen MR) is 166 cm³/mol. The first-order chi connectivity index (χ1) is 20.8. The molecule has 7 aromatic rings. The van der Waals surface area contributed by atoms with Crippen LogP contribution in [0.2, 0.25) is 0 Å². The minimum atomic E-state index is 0.781. The van der Waals surface area contributed by atoms with Crippen LogP contribution in [0.3, 0.4) is 0 Å². The Bertz CT molecular complexity index is 1790. The van der Waals surface area contributed by atoms with Crippen LogP contribution in [-0.2, 0) is 0 Å². The molecule has 0 aliphatic carbocycles. The summed E-state index contributed by atoms with van der Waals surface area (Å²) in [5.74, 6) is 0. The summed E-state index contributed by atoms with van der Waals surface area (Å²) in [4.78, 5) is 27.1. The summed E-state index contributed by atoms with van der Waals surface area (Å²) in [6.07, 6.45) is 14.0. The first-order valence-corrected chi connectivity index (χ1v) is 13.6. The van der Waals surface area contributed by atoms with Gasteiger partial charge >= 0.3 is 0 Å². The van der Waals surface area contributed by atoms with E-state index in [1.165, 1.54) is 0 Å². The molecule has 0 aliphatic heterocycles. The van der Waals surface area contributed by atoms with E-state index in [0.717, 1.165) is 67.3 Å². The maximum atomic E-state index is 4.67. The van der Waals surface area contributed by atoms with Crippen molar-refractivity contribution in [2.75, 3.05) is 0 Å². The van der Waals surface area contributed by atoms with Gasteiger partial charge in [0.2, 0.25) is 0 Å². The Balaban J connectivity index is 1.42. The minimum absolute atomic E-state index is 0.781. The third-order valence-electron chi connectivity index (χ3n) is 7.15. The van der Waals surface area contributed by atoms with Crippen LogP contribution in [0.25, 0.3) is 67.3 Å². The van der Waals surface area contributed by atoms with Gasteiger partial charge in [0.25, 0.3) is 0 Å². The van der Waals surface area contributed by atoms with Gasteiger partial charge in [0.05, 0.1) is 35.2 Å². The van der Waals surface area contributed by atoms with Crippen molar-refractivity contribution in [2.45, 2.75) is 0 Å². The molecule has 3 aromatic carbocycles. The second-order valence-corrected chi connectivity index (χ2v) is 9.71. The normalized spacial score (nSPS) is 10.9. The van der Waals surface area contributed by atoms with Gasteiger partial charge in [-0.1, -0.05) is 60.7 Å². The van der Waals surface area contributed by atoms with Crippen LogP contribution in [0.5, 0.6) is 0 Å². The molecule has 0 saturated carbocycles. The smallest absolute Gasteiger partial charge is 0.0891 e. The van der Waals surface area contributed by atoms with Crippen molar-refractivity contribution in [3.8, 4) is 67.3 Å². The van der Waals surface area contributed by atoms with Gasteiger partial charge in [-0.25, -0.2) is 0 Å². The lowest BCUT2D eigenvalue weighted by atomic mass is 9.88. The first-order valence-electron chi connectivity index (χ1n) is 13.6. The molecule has 0 aliphatic rings. The Morgan fingerprint density at radius 3 is 1.10 bits per heavy atom. The summed E-state index contributed by atoms with van der Waals surface area (Å²) in [6.45, 7) is 0. The van der Waals surface area contributed by atoms with Gasteiger partial charge in [-0.3, -0.25) is 29.9 Å². The van der Waals surface area contributed by atoms with E-state index in [2.05, 4.69) is 90.6 Å². The highest BCUT2D eigenvalue weighted by molar-refractivity contribution is 5.94. The fourth-order valence-electron chi connectivity index (χ4n) is 5.09. The molecule has 0 unspecified atom stereocenters. The van der Waals surface area contributed by atoms with Gasteiger partial charge in [0.15, 0.2) is 0 Å². The van der Waals surface area contributed by atoms with Crippen LogP contribution in [0.1, 0.15) is 0 Å². The van der Waals surface area contributed by atoms with Crippen LogP contribution in [0.15, 0.2) is 147 Å². The molecule has 0 amide bonds. The Morgan fingerprint density at radius 1 is 0.310 bits per heavy atom. The van der Waals surface area contributed by atoms with Crippen molar-refractivity contribution < 1.29 is 0 Å². The van der Waals surface area contributed by atoms with E-state index in [0.29, 0.717) is 0 Å². The zero-order valence-electron chi connectivity index (χ0n) is 22.5. The van der Waals surface area contributed by atoms with E-state index in [4.69, 9.17) is 0 Å². The van der Waals surface area contributed by atoms with Crippen molar-refractivity contribution in [3.63, 3.8) is 0 Å². The molecule has 198 valence electrons. The topological polar surface area (TPSA) is 77.3 Å². The van der Waals surface area contributed by atoms with E-state index in [1.807, 2.05) is 48.8 Å². The monoisotopic (exact) mass is 540 g/mol. The zero-order valence-corrected chi connectivity index (χ0v) is 22.5. The van der Waals surface area contributed by atoms with Gasteiger partial charge in [-0.05, 0) is 58.7 Å². The SMILES string of the molecule is c1ccc(-c2ccc(-c3cc(-c4ccc(-c5ccccn5)cc4)c(-c4cnccn4)cc3-c3cnccn3)cc2)nc1.